The van der Waals surface area contributed by atoms with Crippen molar-refractivity contribution in [2.75, 3.05) is 0 Å². The molecule has 0 fully saturated rings. The number of benzene rings is 2. The first-order valence-corrected chi connectivity index (χ1v) is 8.53. The summed E-state index contributed by atoms with van der Waals surface area (Å²) in [5, 5.41) is 2.91. The van der Waals surface area contributed by atoms with Crippen LogP contribution in [0.5, 0.6) is 0 Å². The van der Waals surface area contributed by atoms with Gasteiger partial charge in [-0.15, -0.1) is 11.3 Å². The molecule has 0 saturated heterocycles. The fourth-order valence-corrected chi connectivity index (χ4v) is 3.57. The van der Waals surface area contributed by atoms with Gasteiger partial charge in [0.25, 0.3) is 0 Å². The van der Waals surface area contributed by atoms with E-state index in [1.165, 1.54) is 0 Å². The number of furan rings is 1. The molecule has 0 N–H and O–H groups in total. The van der Waals surface area contributed by atoms with E-state index >= 15 is 0 Å². The largest absolute Gasteiger partial charge is 0.457 e. The summed E-state index contributed by atoms with van der Waals surface area (Å²) < 4.78 is 6.91. The lowest BCUT2D eigenvalue weighted by molar-refractivity contribution is 0.104. The molecule has 2 heterocycles. The summed E-state index contributed by atoms with van der Waals surface area (Å²) in [6.07, 6.45) is 3.29. The molecule has 0 saturated carbocycles. The van der Waals surface area contributed by atoms with Crippen LogP contribution in [-0.4, -0.2) is 5.78 Å². The summed E-state index contributed by atoms with van der Waals surface area (Å²) in [4.78, 5) is 12.4. The monoisotopic (exact) mass is 330 g/mol. The summed E-state index contributed by atoms with van der Waals surface area (Å²) in [5.41, 5.74) is 1.76. The van der Waals surface area contributed by atoms with Gasteiger partial charge in [0.15, 0.2) is 5.78 Å². The van der Waals surface area contributed by atoms with Gasteiger partial charge in [0.1, 0.15) is 11.5 Å². The van der Waals surface area contributed by atoms with Gasteiger partial charge in [0.05, 0.1) is 0 Å². The van der Waals surface area contributed by atoms with Crippen molar-refractivity contribution >= 4 is 33.3 Å². The number of rotatable bonds is 4. The van der Waals surface area contributed by atoms with Crippen molar-refractivity contribution in [1.29, 1.82) is 0 Å². The number of ketones is 1. The summed E-state index contributed by atoms with van der Waals surface area (Å²) in [6.45, 7) is 0. The number of carbonyl (C=O) groups is 1. The number of thiophene rings is 1. The Morgan fingerprint density at radius 3 is 2.58 bits per heavy atom. The van der Waals surface area contributed by atoms with Crippen molar-refractivity contribution in [1.82, 2.24) is 0 Å². The lowest BCUT2D eigenvalue weighted by Crippen LogP contribution is -1.91. The zero-order valence-corrected chi connectivity index (χ0v) is 13.6. The van der Waals surface area contributed by atoms with Crippen LogP contribution in [0.15, 0.2) is 82.6 Å². The molecule has 2 aromatic carbocycles. The highest BCUT2D eigenvalue weighted by atomic mass is 32.1. The average molecular weight is 330 g/mol. The molecule has 0 aliphatic heterocycles. The van der Waals surface area contributed by atoms with Gasteiger partial charge in [-0.3, -0.25) is 4.79 Å². The van der Waals surface area contributed by atoms with Crippen LogP contribution in [0, 0.1) is 0 Å². The van der Waals surface area contributed by atoms with E-state index in [4.69, 9.17) is 4.42 Å². The van der Waals surface area contributed by atoms with Crippen molar-refractivity contribution in [2.45, 2.75) is 0 Å². The van der Waals surface area contributed by atoms with Gasteiger partial charge >= 0.3 is 0 Å². The third-order valence-corrected chi connectivity index (χ3v) is 4.79. The fraction of sp³-hybridized carbons (Fsp3) is 0. The number of carbonyl (C=O) groups excluding carboxylic acids is 1. The molecule has 4 rings (SSSR count). The van der Waals surface area contributed by atoms with Gasteiger partial charge < -0.3 is 4.42 Å². The second-order valence-electron chi connectivity index (χ2n) is 5.41. The van der Waals surface area contributed by atoms with Crippen molar-refractivity contribution < 1.29 is 9.21 Å². The normalized spacial score (nSPS) is 11.3. The van der Waals surface area contributed by atoms with E-state index in [1.54, 1.807) is 23.5 Å². The lowest BCUT2D eigenvalue weighted by atomic mass is 10.1. The Kier molecular flexibility index (Phi) is 3.85. The van der Waals surface area contributed by atoms with E-state index in [1.807, 2.05) is 72.1 Å². The molecule has 2 aromatic heterocycles. The summed E-state index contributed by atoms with van der Waals surface area (Å²) >= 11 is 1.59. The van der Waals surface area contributed by atoms with E-state index in [2.05, 4.69) is 0 Å². The number of hydrogen-bond acceptors (Lipinski definition) is 3. The van der Waals surface area contributed by atoms with Crippen molar-refractivity contribution in [2.24, 2.45) is 0 Å². The summed E-state index contributed by atoms with van der Waals surface area (Å²) in [7, 11) is 0. The molecule has 3 heteroatoms. The van der Waals surface area contributed by atoms with Crippen LogP contribution >= 0.6 is 11.3 Å². The maximum Gasteiger partial charge on any atom is 0.187 e. The van der Waals surface area contributed by atoms with Crippen LogP contribution in [0.4, 0.5) is 0 Å². The Bertz CT molecular complexity index is 1020. The Balaban J connectivity index is 1.57. The molecular weight excluding hydrogens is 316 g/mol. The van der Waals surface area contributed by atoms with Gasteiger partial charge in [0, 0.05) is 26.6 Å². The summed E-state index contributed by atoms with van der Waals surface area (Å²) in [5.74, 6) is 1.45. The number of allylic oxidation sites excluding steroid dienone is 1. The van der Waals surface area contributed by atoms with Gasteiger partial charge in [-0.05, 0) is 30.4 Å². The highest BCUT2D eigenvalue weighted by Crippen LogP contribution is 2.27. The zero-order valence-electron chi connectivity index (χ0n) is 12.8. The quantitative estimate of drug-likeness (QED) is 0.336. The maximum atomic E-state index is 12.4. The van der Waals surface area contributed by atoms with Crippen LogP contribution in [0.3, 0.4) is 0 Å². The molecular formula is C21H14O2S. The molecule has 0 unspecified atom stereocenters. The topological polar surface area (TPSA) is 30.2 Å². The van der Waals surface area contributed by atoms with Gasteiger partial charge in [0.2, 0.25) is 0 Å². The highest BCUT2D eigenvalue weighted by molar-refractivity contribution is 7.17. The van der Waals surface area contributed by atoms with Crippen molar-refractivity contribution in [3.05, 3.63) is 89.5 Å². The molecule has 24 heavy (non-hydrogen) atoms. The molecule has 2 nitrogen and oxygen atoms in total. The van der Waals surface area contributed by atoms with E-state index in [0.717, 1.165) is 27.0 Å². The first kappa shape index (κ1) is 14.7. The fourth-order valence-electron chi connectivity index (χ4n) is 2.62. The molecule has 0 atom stereocenters. The van der Waals surface area contributed by atoms with E-state index in [0.29, 0.717) is 5.76 Å². The standard InChI is InChI=1S/C21H14O2S/c22-19(18-14-24-21-9-5-4-8-17(18)21)12-10-16-11-13-20(23-16)15-6-2-1-3-7-15/h1-14H/b12-10+. The smallest absolute Gasteiger partial charge is 0.187 e. The Labute approximate surface area is 143 Å². The van der Waals surface area contributed by atoms with Crippen LogP contribution in [0.2, 0.25) is 0 Å². The minimum absolute atomic E-state index is 0.00916. The Hall–Kier alpha value is -2.91. The molecule has 0 amide bonds. The highest BCUT2D eigenvalue weighted by Gasteiger charge is 2.09. The third kappa shape index (κ3) is 2.82. The lowest BCUT2D eigenvalue weighted by Gasteiger charge is -1.95. The minimum atomic E-state index is -0.00916. The van der Waals surface area contributed by atoms with Crippen molar-refractivity contribution in [3.63, 3.8) is 0 Å². The molecule has 116 valence electrons. The van der Waals surface area contributed by atoms with Crippen molar-refractivity contribution in [3.8, 4) is 11.3 Å². The van der Waals surface area contributed by atoms with Gasteiger partial charge in [-0.2, -0.15) is 0 Å². The number of hydrogen-bond donors (Lipinski definition) is 0. The van der Waals surface area contributed by atoms with Crippen LogP contribution in [0.1, 0.15) is 16.1 Å². The second-order valence-corrected chi connectivity index (χ2v) is 6.32. The van der Waals surface area contributed by atoms with Gasteiger partial charge in [-0.1, -0.05) is 48.5 Å². The Morgan fingerprint density at radius 2 is 1.71 bits per heavy atom. The SMILES string of the molecule is O=C(/C=C/c1ccc(-c2ccccc2)o1)c1csc2ccccc12. The minimum Gasteiger partial charge on any atom is -0.457 e. The predicted octanol–water partition coefficient (Wildman–Crippen LogP) is 6.06. The molecule has 4 aromatic rings. The van der Waals surface area contributed by atoms with Crippen LogP contribution in [0.25, 0.3) is 27.5 Å². The first-order valence-electron chi connectivity index (χ1n) is 7.65. The average Bonchev–Trinajstić information content (AvgIpc) is 3.27. The molecule has 0 aliphatic rings. The van der Waals surface area contributed by atoms with Crippen LogP contribution < -0.4 is 0 Å². The van der Waals surface area contributed by atoms with E-state index < -0.39 is 0 Å². The van der Waals surface area contributed by atoms with E-state index in [-0.39, 0.29) is 5.78 Å². The third-order valence-electron chi connectivity index (χ3n) is 3.83. The zero-order chi connectivity index (χ0) is 16.4. The second kappa shape index (κ2) is 6.30. The summed E-state index contributed by atoms with van der Waals surface area (Å²) in [6, 6.07) is 21.6. The van der Waals surface area contributed by atoms with E-state index in [9.17, 15) is 4.79 Å². The first-order chi connectivity index (χ1) is 11.8. The molecule has 0 spiro atoms. The maximum absolute atomic E-state index is 12.4. The molecule has 0 aliphatic carbocycles. The number of fused-ring (bicyclic) bond motifs is 1. The van der Waals surface area contributed by atoms with Gasteiger partial charge in [-0.25, -0.2) is 0 Å². The van der Waals surface area contributed by atoms with Crippen LogP contribution in [-0.2, 0) is 0 Å². The molecule has 0 bridgehead atoms. The Morgan fingerprint density at radius 1 is 0.917 bits per heavy atom. The predicted molar refractivity (Wildman–Crippen MR) is 99.3 cm³/mol. The molecule has 0 radical (unpaired) electrons.